The Balaban J connectivity index is 2.66. The quantitative estimate of drug-likeness (QED) is 0.656. The van der Waals surface area contributed by atoms with E-state index < -0.39 is 0 Å². The first-order chi connectivity index (χ1) is 6.29. The molecule has 2 rings (SSSR count). The summed E-state index contributed by atoms with van der Waals surface area (Å²) in [6, 6.07) is 1.77. The van der Waals surface area contributed by atoms with Crippen molar-refractivity contribution in [2.75, 3.05) is 7.11 Å². The Hall–Kier alpha value is -1.71. The van der Waals surface area contributed by atoms with Gasteiger partial charge < -0.3 is 4.74 Å². The molecule has 0 saturated carbocycles. The van der Waals surface area contributed by atoms with E-state index in [-0.39, 0.29) is 0 Å². The second-order valence-corrected chi connectivity index (χ2v) is 2.73. The Morgan fingerprint density at radius 2 is 2.00 bits per heavy atom. The number of nitrogens with zero attached hydrogens (tertiary/aromatic N) is 3. The number of pyridine rings is 1. The summed E-state index contributed by atoms with van der Waals surface area (Å²) in [6.45, 7) is 1.90. The number of methoxy groups -OCH3 is 1. The van der Waals surface area contributed by atoms with Crippen molar-refractivity contribution in [2.24, 2.45) is 0 Å². The van der Waals surface area contributed by atoms with Crippen LogP contribution in [0.25, 0.3) is 11.0 Å². The third kappa shape index (κ3) is 1.42. The van der Waals surface area contributed by atoms with Gasteiger partial charge in [-0.15, -0.1) is 0 Å². The molecule has 0 radical (unpaired) electrons. The fourth-order valence-electron chi connectivity index (χ4n) is 1.10. The Bertz CT molecular complexity index is 442. The second-order valence-electron chi connectivity index (χ2n) is 2.73. The smallest absolute Gasteiger partial charge is 0.215 e. The van der Waals surface area contributed by atoms with E-state index in [4.69, 9.17) is 4.74 Å². The molecule has 0 spiro atoms. The average Bonchev–Trinajstić information content (AvgIpc) is 2.17. The highest BCUT2D eigenvalue weighted by atomic mass is 16.5. The lowest BCUT2D eigenvalue weighted by molar-refractivity contribution is 0.398. The molecule has 0 aromatic carbocycles. The molecule has 0 atom stereocenters. The number of rotatable bonds is 1. The average molecular weight is 175 g/mol. The van der Waals surface area contributed by atoms with E-state index in [1.54, 1.807) is 25.6 Å². The summed E-state index contributed by atoms with van der Waals surface area (Å²) in [5.74, 6) is 0.561. The predicted octanol–water partition coefficient (Wildman–Crippen LogP) is 1.34. The maximum atomic E-state index is 4.97. The molecule has 4 nitrogen and oxygen atoms in total. The zero-order chi connectivity index (χ0) is 9.26. The van der Waals surface area contributed by atoms with E-state index in [1.807, 2.05) is 6.92 Å². The van der Waals surface area contributed by atoms with Gasteiger partial charge >= 0.3 is 0 Å². The molecular weight excluding hydrogens is 166 g/mol. The third-order valence-electron chi connectivity index (χ3n) is 1.73. The van der Waals surface area contributed by atoms with E-state index in [0.717, 1.165) is 16.7 Å². The van der Waals surface area contributed by atoms with E-state index in [2.05, 4.69) is 15.0 Å². The first-order valence-electron chi connectivity index (χ1n) is 3.93. The molecule has 0 amide bonds. The lowest BCUT2D eigenvalue weighted by Crippen LogP contribution is -1.91. The molecule has 0 N–H and O–H groups in total. The van der Waals surface area contributed by atoms with Gasteiger partial charge in [0.05, 0.1) is 24.5 Å². The Morgan fingerprint density at radius 1 is 1.15 bits per heavy atom. The third-order valence-corrected chi connectivity index (χ3v) is 1.73. The number of ether oxygens (including phenoxy) is 1. The van der Waals surface area contributed by atoms with E-state index >= 15 is 0 Å². The highest BCUT2D eigenvalue weighted by Crippen LogP contribution is 2.13. The van der Waals surface area contributed by atoms with E-state index in [9.17, 15) is 0 Å². The lowest BCUT2D eigenvalue weighted by Gasteiger charge is -2.00. The van der Waals surface area contributed by atoms with Crippen molar-refractivity contribution in [1.82, 2.24) is 15.0 Å². The second kappa shape index (κ2) is 2.97. The van der Waals surface area contributed by atoms with Gasteiger partial charge in [0.25, 0.3) is 0 Å². The topological polar surface area (TPSA) is 47.9 Å². The zero-order valence-corrected chi connectivity index (χ0v) is 7.48. The summed E-state index contributed by atoms with van der Waals surface area (Å²) in [6.07, 6.45) is 3.38. The molecule has 0 aliphatic carbocycles. The van der Waals surface area contributed by atoms with Gasteiger partial charge in [0.2, 0.25) is 5.88 Å². The monoisotopic (exact) mass is 175 g/mol. The first-order valence-corrected chi connectivity index (χ1v) is 3.93. The SMILES string of the molecule is COc1cc2ncc(C)nc2cn1. The zero-order valence-electron chi connectivity index (χ0n) is 7.48. The summed E-state index contributed by atoms with van der Waals surface area (Å²) in [7, 11) is 1.58. The van der Waals surface area contributed by atoms with Gasteiger partial charge in [0.15, 0.2) is 0 Å². The molecule has 0 saturated heterocycles. The number of fused-ring (bicyclic) bond motifs is 1. The van der Waals surface area contributed by atoms with Crippen LogP contribution in [-0.2, 0) is 0 Å². The maximum Gasteiger partial charge on any atom is 0.215 e. The molecule has 2 heterocycles. The Kier molecular flexibility index (Phi) is 1.81. The lowest BCUT2D eigenvalue weighted by atomic mass is 10.3. The van der Waals surface area contributed by atoms with Crippen molar-refractivity contribution in [1.29, 1.82) is 0 Å². The van der Waals surface area contributed by atoms with Gasteiger partial charge in [-0.05, 0) is 6.92 Å². The van der Waals surface area contributed by atoms with Gasteiger partial charge in [0, 0.05) is 12.3 Å². The van der Waals surface area contributed by atoms with Crippen molar-refractivity contribution >= 4 is 11.0 Å². The van der Waals surface area contributed by atoms with Crippen molar-refractivity contribution in [2.45, 2.75) is 6.92 Å². The molecule has 0 unspecified atom stereocenters. The minimum absolute atomic E-state index is 0.561. The Labute approximate surface area is 75.6 Å². The van der Waals surface area contributed by atoms with Crippen molar-refractivity contribution in [3.8, 4) is 5.88 Å². The fourth-order valence-corrected chi connectivity index (χ4v) is 1.10. The predicted molar refractivity (Wildman–Crippen MR) is 48.6 cm³/mol. The molecule has 0 bridgehead atoms. The van der Waals surface area contributed by atoms with E-state index in [0.29, 0.717) is 5.88 Å². The molecule has 2 aromatic heterocycles. The summed E-state index contributed by atoms with van der Waals surface area (Å²) in [5, 5.41) is 0. The van der Waals surface area contributed by atoms with Gasteiger partial charge in [-0.2, -0.15) is 0 Å². The van der Waals surface area contributed by atoms with Crippen LogP contribution in [0.3, 0.4) is 0 Å². The van der Waals surface area contributed by atoms with Gasteiger partial charge in [-0.1, -0.05) is 0 Å². The van der Waals surface area contributed by atoms with Crippen LogP contribution in [-0.4, -0.2) is 22.1 Å². The van der Waals surface area contributed by atoms with Crippen molar-refractivity contribution < 1.29 is 4.74 Å². The maximum absolute atomic E-state index is 4.97. The minimum Gasteiger partial charge on any atom is -0.481 e. The van der Waals surface area contributed by atoms with Crippen molar-refractivity contribution in [3.63, 3.8) is 0 Å². The highest BCUT2D eigenvalue weighted by Gasteiger charge is 1.99. The van der Waals surface area contributed by atoms with Crippen LogP contribution in [0, 0.1) is 6.92 Å². The molecule has 2 aromatic rings. The van der Waals surface area contributed by atoms with Crippen LogP contribution < -0.4 is 4.74 Å². The van der Waals surface area contributed by atoms with Gasteiger partial charge in [-0.3, -0.25) is 4.98 Å². The van der Waals surface area contributed by atoms with Gasteiger partial charge in [0.1, 0.15) is 5.52 Å². The van der Waals surface area contributed by atoms with Crippen LogP contribution in [0.1, 0.15) is 5.69 Å². The molecule has 13 heavy (non-hydrogen) atoms. The minimum atomic E-state index is 0.561. The molecule has 0 aliphatic rings. The summed E-state index contributed by atoms with van der Waals surface area (Å²) >= 11 is 0. The Morgan fingerprint density at radius 3 is 2.77 bits per heavy atom. The molecule has 66 valence electrons. The van der Waals surface area contributed by atoms with E-state index in [1.165, 1.54) is 0 Å². The molecular formula is C9H9N3O. The van der Waals surface area contributed by atoms with Crippen LogP contribution in [0.5, 0.6) is 5.88 Å². The summed E-state index contributed by atoms with van der Waals surface area (Å²) in [5.41, 5.74) is 2.48. The first kappa shape index (κ1) is 7.91. The normalized spacial score (nSPS) is 10.3. The van der Waals surface area contributed by atoms with Crippen LogP contribution in [0.2, 0.25) is 0 Å². The highest BCUT2D eigenvalue weighted by molar-refractivity contribution is 5.73. The molecule has 0 fully saturated rings. The number of hydrogen-bond acceptors (Lipinski definition) is 4. The summed E-state index contributed by atoms with van der Waals surface area (Å²) < 4.78 is 4.97. The molecule has 4 heteroatoms. The number of aromatic nitrogens is 3. The number of hydrogen-bond donors (Lipinski definition) is 0. The molecule has 0 aliphatic heterocycles. The van der Waals surface area contributed by atoms with Crippen molar-refractivity contribution in [3.05, 3.63) is 24.2 Å². The number of aryl methyl sites for hydroxylation is 1. The standard InChI is InChI=1S/C9H9N3O/c1-6-4-10-7-3-9(13-2)11-5-8(7)12-6/h3-5H,1-2H3. The summed E-state index contributed by atoms with van der Waals surface area (Å²) in [4.78, 5) is 12.5. The largest absolute Gasteiger partial charge is 0.481 e. The van der Waals surface area contributed by atoms with Gasteiger partial charge in [-0.25, -0.2) is 9.97 Å². The van der Waals surface area contributed by atoms with Crippen LogP contribution in [0.4, 0.5) is 0 Å². The fraction of sp³-hybridized carbons (Fsp3) is 0.222. The van der Waals surface area contributed by atoms with Crippen LogP contribution >= 0.6 is 0 Å². The van der Waals surface area contributed by atoms with Crippen LogP contribution in [0.15, 0.2) is 18.5 Å².